The van der Waals surface area contributed by atoms with Gasteiger partial charge in [-0.25, -0.2) is 0 Å². The maximum absolute atomic E-state index is 12.6. The molecule has 7 heteroatoms. The van der Waals surface area contributed by atoms with E-state index in [0.29, 0.717) is 39.2 Å². The van der Waals surface area contributed by atoms with Crippen LogP contribution in [0.2, 0.25) is 0 Å². The van der Waals surface area contributed by atoms with E-state index in [4.69, 9.17) is 10.00 Å². The van der Waals surface area contributed by atoms with Gasteiger partial charge in [-0.05, 0) is 39.0 Å². The fourth-order valence-corrected chi connectivity index (χ4v) is 3.06. The van der Waals surface area contributed by atoms with Crippen molar-refractivity contribution < 1.29 is 19.1 Å². The first-order chi connectivity index (χ1) is 14.3. The lowest BCUT2D eigenvalue weighted by molar-refractivity contribution is -0.144. The Bertz CT molecular complexity index is 559. The molecule has 0 radical (unpaired) electrons. The molecule has 0 aliphatic heterocycles. The summed E-state index contributed by atoms with van der Waals surface area (Å²) < 4.78 is 4.97. The Morgan fingerprint density at radius 3 is 1.77 bits per heavy atom. The van der Waals surface area contributed by atoms with Crippen LogP contribution in [0.4, 0.5) is 0 Å². The van der Waals surface area contributed by atoms with Gasteiger partial charge in [0.2, 0.25) is 11.8 Å². The summed E-state index contributed by atoms with van der Waals surface area (Å²) in [4.78, 5) is 40.3. The van der Waals surface area contributed by atoms with Crippen LogP contribution in [-0.4, -0.2) is 60.4 Å². The number of carbonyl (C=O) groups is 3. The van der Waals surface area contributed by atoms with E-state index in [1.165, 1.54) is 0 Å². The second kappa shape index (κ2) is 16.7. The van der Waals surface area contributed by atoms with Crippen molar-refractivity contribution >= 4 is 17.8 Å². The molecule has 0 spiro atoms. The standard InChI is InChI=1S/C23H41N3O4/c1-6-19(4)22(28)25(17-12-14-24)15-10-9-11-16-26(23(29)20(5)7-2)18-13-21(27)30-8-3/h19-20H,6-13,15-18H2,1-5H3/t19-,20-/m0/s1. The van der Waals surface area contributed by atoms with Crippen LogP contribution in [0.15, 0.2) is 0 Å². The van der Waals surface area contributed by atoms with Crippen LogP contribution in [0, 0.1) is 23.2 Å². The van der Waals surface area contributed by atoms with Crippen LogP contribution in [0.3, 0.4) is 0 Å². The summed E-state index contributed by atoms with van der Waals surface area (Å²) in [6, 6.07) is 2.11. The molecule has 0 unspecified atom stereocenters. The van der Waals surface area contributed by atoms with E-state index in [2.05, 4.69) is 6.07 Å². The van der Waals surface area contributed by atoms with Crippen LogP contribution in [0.1, 0.15) is 79.6 Å². The Labute approximate surface area is 182 Å². The van der Waals surface area contributed by atoms with Gasteiger partial charge >= 0.3 is 5.97 Å². The zero-order chi connectivity index (χ0) is 22.9. The summed E-state index contributed by atoms with van der Waals surface area (Å²) in [6.45, 7) is 12.0. The Hall–Kier alpha value is -2.10. The van der Waals surface area contributed by atoms with E-state index in [0.717, 1.165) is 32.1 Å². The molecule has 0 N–H and O–H groups in total. The second-order valence-corrected chi connectivity index (χ2v) is 7.79. The minimum atomic E-state index is -0.281. The molecule has 0 aromatic heterocycles. The number of hydrogen-bond acceptors (Lipinski definition) is 5. The number of nitriles is 1. The van der Waals surface area contributed by atoms with Crippen LogP contribution < -0.4 is 0 Å². The molecule has 0 fully saturated rings. The van der Waals surface area contributed by atoms with Crippen molar-refractivity contribution in [3.8, 4) is 6.07 Å². The molecule has 2 amide bonds. The molecule has 172 valence electrons. The first-order valence-electron chi connectivity index (χ1n) is 11.4. The molecule has 0 aromatic carbocycles. The van der Waals surface area contributed by atoms with Gasteiger partial charge in [-0.1, -0.05) is 27.7 Å². The average Bonchev–Trinajstić information content (AvgIpc) is 2.75. The molecule has 0 rings (SSSR count). The highest BCUT2D eigenvalue weighted by molar-refractivity contribution is 5.79. The third-order valence-corrected chi connectivity index (χ3v) is 5.43. The molecular weight excluding hydrogens is 382 g/mol. The molecule has 30 heavy (non-hydrogen) atoms. The van der Waals surface area contributed by atoms with Crippen LogP contribution in [0.5, 0.6) is 0 Å². The SMILES string of the molecule is CCOC(=O)CCN(CCCCCN(CCC#N)C(=O)[C@@H](C)CC)C(=O)[C@@H](C)CC. The summed E-state index contributed by atoms with van der Waals surface area (Å²) in [5, 5.41) is 8.85. The summed E-state index contributed by atoms with van der Waals surface area (Å²) in [7, 11) is 0. The maximum Gasteiger partial charge on any atom is 0.307 e. The topological polar surface area (TPSA) is 90.7 Å². The fourth-order valence-electron chi connectivity index (χ4n) is 3.06. The lowest BCUT2D eigenvalue weighted by Crippen LogP contribution is -2.38. The summed E-state index contributed by atoms with van der Waals surface area (Å²) in [5.41, 5.74) is 0. The van der Waals surface area contributed by atoms with Gasteiger partial charge in [-0.15, -0.1) is 0 Å². The van der Waals surface area contributed by atoms with Gasteiger partial charge in [0.1, 0.15) is 0 Å². The molecule has 0 aliphatic rings. The predicted octanol–water partition coefficient (Wildman–Crippen LogP) is 3.77. The molecule has 0 saturated carbocycles. The third kappa shape index (κ3) is 11.2. The number of amides is 2. The van der Waals surface area contributed by atoms with Crippen LogP contribution in [-0.2, 0) is 19.1 Å². The number of nitrogens with zero attached hydrogens (tertiary/aromatic N) is 3. The summed E-state index contributed by atoms with van der Waals surface area (Å²) in [6.07, 6.45) is 4.62. The lowest BCUT2D eigenvalue weighted by Gasteiger charge is -2.26. The second-order valence-electron chi connectivity index (χ2n) is 7.79. The largest absolute Gasteiger partial charge is 0.466 e. The third-order valence-electron chi connectivity index (χ3n) is 5.43. The van der Waals surface area contributed by atoms with Crippen molar-refractivity contribution in [2.45, 2.75) is 79.6 Å². The number of ether oxygens (including phenoxy) is 1. The fraction of sp³-hybridized carbons (Fsp3) is 0.826. The first kappa shape index (κ1) is 27.9. The van der Waals surface area contributed by atoms with Gasteiger partial charge in [0.05, 0.1) is 25.5 Å². The number of rotatable bonds is 16. The minimum absolute atomic E-state index is 0.0322. The highest BCUT2D eigenvalue weighted by Crippen LogP contribution is 2.12. The van der Waals surface area contributed by atoms with Gasteiger partial charge in [-0.3, -0.25) is 14.4 Å². The van der Waals surface area contributed by atoms with Crippen molar-refractivity contribution in [3.05, 3.63) is 0 Å². The van der Waals surface area contributed by atoms with E-state index in [9.17, 15) is 14.4 Å². The minimum Gasteiger partial charge on any atom is -0.466 e. The van der Waals surface area contributed by atoms with Crippen LogP contribution >= 0.6 is 0 Å². The van der Waals surface area contributed by atoms with Crippen molar-refractivity contribution in [2.75, 3.05) is 32.8 Å². The van der Waals surface area contributed by atoms with Crippen molar-refractivity contribution in [1.82, 2.24) is 9.80 Å². The van der Waals surface area contributed by atoms with Crippen LogP contribution in [0.25, 0.3) is 0 Å². The van der Waals surface area contributed by atoms with E-state index in [-0.39, 0.29) is 36.0 Å². The Morgan fingerprint density at radius 1 is 0.833 bits per heavy atom. The van der Waals surface area contributed by atoms with Gasteiger partial charge < -0.3 is 14.5 Å². The number of unbranched alkanes of at least 4 members (excludes halogenated alkanes) is 2. The Balaban J connectivity index is 4.61. The quantitative estimate of drug-likeness (QED) is 0.278. The van der Waals surface area contributed by atoms with E-state index in [1.54, 1.807) is 16.7 Å². The first-order valence-corrected chi connectivity index (χ1v) is 11.4. The zero-order valence-electron chi connectivity index (χ0n) is 19.6. The lowest BCUT2D eigenvalue weighted by atomic mass is 10.1. The highest BCUT2D eigenvalue weighted by Gasteiger charge is 2.21. The molecule has 0 aliphatic carbocycles. The summed E-state index contributed by atoms with van der Waals surface area (Å²) >= 11 is 0. The number of carbonyl (C=O) groups excluding carboxylic acids is 3. The molecule has 7 nitrogen and oxygen atoms in total. The molecule has 0 bridgehead atoms. The van der Waals surface area contributed by atoms with Gasteiger partial charge in [-0.2, -0.15) is 5.26 Å². The number of esters is 1. The molecule has 0 saturated heterocycles. The van der Waals surface area contributed by atoms with Crippen molar-refractivity contribution in [1.29, 1.82) is 5.26 Å². The van der Waals surface area contributed by atoms with Crippen molar-refractivity contribution in [2.24, 2.45) is 11.8 Å². The Morgan fingerprint density at radius 2 is 1.33 bits per heavy atom. The number of hydrogen-bond donors (Lipinski definition) is 0. The highest BCUT2D eigenvalue weighted by atomic mass is 16.5. The molecule has 2 atom stereocenters. The molecule has 0 aromatic rings. The summed E-state index contributed by atoms with van der Waals surface area (Å²) in [5.74, 6) is -0.201. The normalized spacial score (nSPS) is 12.5. The van der Waals surface area contributed by atoms with Gasteiger partial charge in [0, 0.05) is 38.0 Å². The van der Waals surface area contributed by atoms with E-state index in [1.807, 2.05) is 27.7 Å². The van der Waals surface area contributed by atoms with E-state index < -0.39 is 0 Å². The predicted molar refractivity (Wildman–Crippen MR) is 117 cm³/mol. The molecular formula is C23H41N3O4. The maximum atomic E-state index is 12.6. The van der Waals surface area contributed by atoms with Crippen molar-refractivity contribution in [3.63, 3.8) is 0 Å². The average molecular weight is 424 g/mol. The smallest absolute Gasteiger partial charge is 0.307 e. The van der Waals surface area contributed by atoms with E-state index >= 15 is 0 Å². The van der Waals surface area contributed by atoms with Gasteiger partial charge in [0.15, 0.2) is 0 Å². The van der Waals surface area contributed by atoms with Gasteiger partial charge in [0.25, 0.3) is 0 Å². The monoisotopic (exact) mass is 423 g/mol. The Kier molecular flexibility index (Phi) is 15.5. The molecule has 0 heterocycles. The zero-order valence-corrected chi connectivity index (χ0v) is 19.6.